The van der Waals surface area contributed by atoms with Crippen molar-refractivity contribution in [2.24, 2.45) is 0 Å². The smallest absolute Gasteiger partial charge is 0.388 e. The first kappa shape index (κ1) is 23.4. The van der Waals surface area contributed by atoms with E-state index >= 15 is 0 Å². The van der Waals surface area contributed by atoms with Crippen LogP contribution in [0.3, 0.4) is 0 Å². The number of phosphoric ester groups is 1. The number of phosphoric acid groups is 1. The van der Waals surface area contributed by atoms with Crippen LogP contribution in [0.4, 0.5) is 11.5 Å². The topological polar surface area (TPSA) is 208 Å². The first-order chi connectivity index (χ1) is 14.4. The molecule has 172 valence electrons. The zero-order chi connectivity index (χ0) is 23.1. The van der Waals surface area contributed by atoms with Gasteiger partial charge in [0.25, 0.3) is 5.56 Å². The number of aliphatic hydroxyl groups excluding tert-OH is 3. The van der Waals surface area contributed by atoms with Crippen LogP contribution in [0.1, 0.15) is 26.7 Å². The molecule has 8 N–H and O–H groups in total. The third-order valence-corrected chi connectivity index (χ3v) is 5.80. The molecule has 0 saturated heterocycles. The fourth-order valence-corrected chi connectivity index (χ4v) is 3.85. The van der Waals surface area contributed by atoms with Crippen LogP contribution in [-0.4, -0.2) is 66.5 Å². The molecule has 3 rings (SSSR count). The molecule has 0 spiro atoms. The van der Waals surface area contributed by atoms with Gasteiger partial charge in [-0.3, -0.25) is 19.3 Å². The Hall–Kier alpha value is -2.25. The summed E-state index contributed by atoms with van der Waals surface area (Å²) >= 11 is 0. The summed E-state index contributed by atoms with van der Waals surface area (Å²) in [6.45, 7) is 2.65. The van der Waals surface area contributed by atoms with E-state index in [0.29, 0.717) is 24.2 Å². The molecule has 2 aliphatic rings. The number of aliphatic hydroxyl groups is 3. The van der Waals surface area contributed by atoms with Gasteiger partial charge >= 0.3 is 13.5 Å². The van der Waals surface area contributed by atoms with Gasteiger partial charge in [0.1, 0.15) is 29.8 Å². The van der Waals surface area contributed by atoms with Crippen LogP contribution in [0.25, 0.3) is 0 Å². The van der Waals surface area contributed by atoms with E-state index in [0.717, 1.165) is 11.1 Å². The van der Waals surface area contributed by atoms with E-state index in [9.17, 15) is 29.5 Å². The highest BCUT2D eigenvalue weighted by Gasteiger charge is 2.35. The molecule has 0 aromatic carbocycles. The SMILES string of the molecule is CC1=C(C)CC2=C(C1)Nc1c([nH]c(=O)[nH]c1=O)N2C[C@H](O)[C@H](O)[C@H](O)COP(=O)(O)O. The highest BCUT2D eigenvalue weighted by atomic mass is 31.2. The average molecular weight is 460 g/mol. The maximum Gasteiger partial charge on any atom is 0.469 e. The number of fused-ring (bicyclic) bond motifs is 1. The minimum Gasteiger partial charge on any atom is -0.388 e. The Kier molecular flexibility index (Phi) is 6.58. The molecule has 0 unspecified atom stereocenters. The number of rotatable bonds is 7. The lowest BCUT2D eigenvalue weighted by molar-refractivity contribution is -0.0719. The first-order valence-corrected chi connectivity index (χ1v) is 10.9. The Balaban J connectivity index is 1.90. The lowest BCUT2D eigenvalue weighted by Gasteiger charge is -2.39. The van der Waals surface area contributed by atoms with E-state index in [-0.39, 0.29) is 18.1 Å². The molecular formula is C17H25N4O9P. The van der Waals surface area contributed by atoms with E-state index in [4.69, 9.17) is 9.79 Å². The van der Waals surface area contributed by atoms with Crippen molar-refractivity contribution in [3.05, 3.63) is 43.4 Å². The van der Waals surface area contributed by atoms with Gasteiger partial charge in [0, 0.05) is 24.2 Å². The number of nitrogens with zero attached hydrogens (tertiary/aromatic N) is 1. The Morgan fingerprint density at radius 2 is 1.71 bits per heavy atom. The maximum atomic E-state index is 12.3. The van der Waals surface area contributed by atoms with Crippen molar-refractivity contribution < 1.29 is 34.2 Å². The molecule has 0 amide bonds. The van der Waals surface area contributed by atoms with Crippen LogP contribution in [0.15, 0.2) is 32.1 Å². The van der Waals surface area contributed by atoms with Crippen LogP contribution in [0, 0.1) is 0 Å². The second-order valence-corrected chi connectivity index (χ2v) is 8.86. The number of aromatic amines is 2. The number of aromatic nitrogens is 2. The van der Waals surface area contributed by atoms with Gasteiger partial charge in [0.15, 0.2) is 0 Å². The van der Waals surface area contributed by atoms with Crippen molar-refractivity contribution in [1.82, 2.24) is 9.97 Å². The zero-order valence-electron chi connectivity index (χ0n) is 16.8. The van der Waals surface area contributed by atoms with Crippen LogP contribution in [0.2, 0.25) is 0 Å². The van der Waals surface area contributed by atoms with Crippen molar-refractivity contribution in [3.63, 3.8) is 0 Å². The van der Waals surface area contributed by atoms with Crippen molar-refractivity contribution in [2.75, 3.05) is 23.4 Å². The van der Waals surface area contributed by atoms with Crippen molar-refractivity contribution >= 4 is 19.3 Å². The minimum atomic E-state index is -4.87. The number of anilines is 2. The number of β-amino-alcohol motifs (C(OH)–C–C–N with tert-alkyl or cyclic N) is 1. The van der Waals surface area contributed by atoms with Crippen LogP contribution < -0.4 is 21.5 Å². The molecule has 1 aromatic rings. The Bertz CT molecular complexity index is 1090. The number of hydrogen-bond acceptors (Lipinski definition) is 9. The van der Waals surface area contributed by atoms with Crippen molar-refractivity contribution in [2.45, 2.75) is 45.0 Å². The molecule has 3 atom stereocenters. The van der Waals surface area contributed by atoms with Crippen LogP contribution in [-0.2, 0) is 9.09 Å². The maximum absolute atomic E-state index is 12.3. The Morgan fingerprint density at radius 1 is 1.06 bits per heavy atom. The predicted octanol–water partition coefficient (Wildman–Crippen LogP) is -1.17. The second-order valence-electron chi connectivity index (χ2n) is 7.62. The molecule has 0 fully saturated rings. The second kappa shape index (κ2) is 8.71. The number of H-pyrrole nitrogens is 2. The van der Waals surface area contributed by atoms with Gasteiger partial charge < -0.3 is 35.3 Å². The highest BCUT2D eigenvalue weighted by Crippen LogP contribution is 2.39. The van der Waals surface area contributed by atoms with Crippen molar-refractivity contribution in [1.29, 1.82) is 0 Å². The molecule has 14 heteroatoms. The van der Waals surface area contributed by atoms with Gasteiger partial charge in [-0.05, 0) is 13.8 Å². The summed E-state index contributed by atoms with van der Waals surface area (Å²) in [5.41, 5.74) is 2.17. The van der Waals surface area contributed by atoms with Crippen molar-refractivity contribution in [3.8, 4) is 0 Å². The van der Waals surface area contributed by atoms with E-state index in [1.807, 2.05) is 13.8 Å². The lowest BCUT2D eigenvalue weighted by atomic mass is 9.92. The quantitative estimate of drug-likeness (QED) is 0.179. The minimum absolute atomic E-state index is 0.0674. The summed E-state index contributed by atoms with van der Waals surface area (Å²) in [4.78, 5) is 47.8. The third kappa shape index (κ3) is 5.15. The molecular weight excluding hydrogens is 435 g/mol. The number of allylic oxidation sites excluding steroid dienone is 2. The zero-order valence-corrected chi connectivity index (χ0v) is 17.7. The molecule has 0 bridgehead atoms. The number of hydrogen-bond donors (Lipinski definition) is 8. The molecule has 1 aromatic heterocycles. The Morgan fingerprint density at radius 3 is 2.35 bits per heavy atom. The van der Waals surface area contributed by atoms with Gasteiger partial charge in [-0.1, -0.05) is 11.1 Å². The van der Waals surface area contributed by atoms with Gasteiger partial charge in [-0.25, -0.2) is 9.36 Å². The van der Waals surface area contributed by atoms with Gasteiger partial charge in [-0.2, -0.15) is 0 Å². The molecule has 0 saturated carbocycles. The fraction of sp³-hybridized carbons (Fsp3) is 0.529. The summed E-state index contributed by atoms with van der Waals surface area (Å²) in [5.74, 6) is 0.0899. The molecule has 13 nitrogen and oxygen atoms in total. The molecule has 0 radical (unpaired) electrons. The summed E-state index contributed by atoms with van der Waals surface area (Å²) in [5, 5.41) is 33.7. The standard InChI is InChI=1S/C17H25N4O9P/c1-7-3-9-10(4-8(7)2)21(15-13(18-9)16(25)20-17(26)19-15)5-11(22)14(24)12(23)6-30-31(27,28)29/h11-12,14,18,22-24H,3-6H2,1-2H3,(H2,27,28,29)(H2,19,20,25,26)/t11-,12+,14-/m0/s1. The predicted molar refractivity (Wildman–Crippen MR) is 109 cm³/mol. The van der Waals surface area contributed by atoms with E-state index in [2.05, 4.69) is 19.8 Å². The lowest BCUT2D eigenvalue weighted by Crippen LogP contribution is -2.48. The average Bonchev–Trinajstić information content (AvgIpc) is 2.67. The summed E-state index contributed by atoms with van der Waals surface area (Å²) in [7, 11) is -4.87. The summed E-state index contributed by atoms with van der Waals surface area (Å²) in [6, 6.07) is 0. The molecule has 2 heterocycles. The molecule has 1 aliphatic carbocycles. The fourth-order valence-electron chi connectivity index (χ4n) is 3.51. The van der Waals surface area contributed by atoms with Gasteiger partial charge in [-0.15, -0.1) is 0 Å². The van der Waals surface area contributed by atoms with Gasteiger partial charge in [0.2, 0.25) is 0 Å². The molecule has 31 heavy (non-hydrogen) atoms. The molecule has 1 aliphatic heterocycles. The van der Waals surface area contributed by atoms with Gasteiger partial charge in [0.05, 0.1) is 13.2 Å². The largest absolute Gasteiger partial charge is 0.469 e. The third-order valence-electron chi connectivity index (χ3n) is 5.32. The van der Waals surface area contributed by atoms with E-state index < -0.39 is 44.0 Å². The summed E-state index contributed by atoms with van der Waals surface area (Å²) in [6.07, 6.45) is -4.29. The van der Waals surface area contributed by atoms with E-state index in [1.54, 1.807) is 0 Å². The Labute approximate surface area is 175 Å². The first-order valence-electron chi connectivity index (χ1n) is 9.40. The van der Waals surface area contributed by atoms with Crippen LogP contribution >= 0.6 is 7.82 Å². The number of nitrogens with one attached hydrogen (secondary N) is 3. The summed E-state index contributed by atoms with van der Waals surface area (Å²) < 4.78 is 15.0. The van der Waals surface area contributed by atoms with Crippen LogP contribution in [0.5, 0.6) is 0 Å². The highest BCUT2D eigenvalue weighted by molar-refractivity contribution is 7.46. The van der Waals surface area contributed by atoms with E-state index in [1.165, 1.54) is 4.90 Å². The normalized spacial score (nSPS) is 19.5. The monoisotopic (exact) mass is 460 g/mol.